The summed E-state index contributed by atoms with van der Waals surface area (Å²) < 4.78 is 80.5. The van der Waals surface area contributed by atoms with Crippen LogP contribution in [-0.4, -0.2) is 39.9 Å². The minimum Gasteiger partial charge on any atom is -0.484 e. The predicted octanol–water partition coefficient (Wildman–Crippen LogP) is 3.14. The van der Waals surface area contributed by atoms with Gasteiger partial charge in [0.1, 0.15) is 11.5 Å². The molecule has 2 aromatic heterocycles. The SMILES string of the molecule is Cn1cnc(S(=O)(=O)Nc2cc3c(cc2Oc2cccc(OCC(F)(F)F)c2)n(C)c(=O)n3C)c1. The van der Waals surface area contributed by atoms with Crippen molar-refractivity contribution in [2.75, 3.05) is 11.3 Å². The average Bonchev–Trinajstić information content (AvgIpc) is 3.31. The van der Waals surface area contributed by atoms with Crippen LogP contribution in [0.3, 0.4) is 0 Å². The first-order valence-corrected chi connectivity index (χ1v) is 11.5. The first-order valence-electron chi connectivity index (χ1n) is 10.0. The second-order valence-corrected chi connectivity index (χ2v) is 9.33. The van der Waals surface area contributed by atoms with Crippen LogP contribution in [0.5, 0.6) is 17.2 Å². The highest BCUT2D eigenvalue weighted by Crippen LogP contribution is 2.36. The zero-order valence-corrected chi connectivity index (χ0v) is 19.5. The highest BCUT2D eigenvalue weighted by atomic mass is 32.2. The largest absolute Gasteiger partial charge is 0.484 e. The fraction of sp³-hybridized carbons (Fsp3) is 0.238. The summed E-state index contributed by atoms with van der Waals surface area (Å²) in [5.74, 6) is -0.00181. The van der Waals surface area contributed by atoms with E-state index in [0.717, 1.165) is 0 Å². The number of nitrogens with one attached hydrogen (secondary N) is 1. The number of imidazole rings is 2. The lowest BCUT2D eigenvalue weighted by Crippen LogP contribution is -2.19. The Morgan fingerprint density at radius 3 is 2.31 bits per heavy atom. The van der Waals surface area contributed by atoms with Gasteiger partial charge in [-0.1, -0.05) is 6.07 Å². The maximum atomic E-state index is 12.9. The normalized spacial score (nSPS) is 12.2. The molecule has 0 aliphatic rings. The van der Waals surface area contributed by atoms with Gasteiger partial charge in [-0.3, -0.25) is 13.9 Å². The van der Waals surface area contributed by atoms with Crippen molar-refractivity contribution < 1.29 is 31.1 Å². The van der Waals surface area contributed by atoms with Crippen LogP contribution in [0.2, 0.25) is 0 Å². The molecule has 0 amide bonds. The molecule has 0 saturated heterocycles. The molecule has 0 saturated carbocycles. The van der Waals surface area contributed by atoms with Crippen molar-refractivity contribution in [3.8, 4) is 17.2 Å². The number of anilines is 1. The number of aryl methyl sites for hydroxylation is 3. The van der Waals surface area contributed by atoms with Crippen LogP contribution >= 0.6 is 0 Å². The number of aromatic nitrogens is 4. The molecule has 0 atom stereocenters. The number of nitrogens with zero attached hydrogens (tertiary/aromatic N) is 4. The van der Waals surface area contributed by atoms with Crippen molar-refractivity contribution in [3.05, 3.63) is 59.4 Å². The van der Waals surface area contributed by atoms with Crippen molar-refractivity contribution in [3.63, 3.8) is 0 Å². The van der Waals surface area contributed by atoms with Gasteiger partial charge < -0.3 is 14.0 Å². The van der Waals surface area contributed by atoms with E-state index < -0.39 is 22.8 Å². The Labute approximate surface area is 197 Å². The molecule has 0 aliphatic heterocycles. The summed E-state index contributed by atoms with van der Waals surface area (Å²) >= 11 is 0. The van der Waals surface area contributed by atoms with Crippen LogP contribution in [0, 0.1) is 0 Å². The van der Waals surface area contributed by atoms with Crippen LogP contribution in [0.1, 0.15) is 0 Å². The lowest BCUT2D eigenvalue weighted by Gasteiger charge is -2.15. The molecule has 186 valence electrons. The molecule has 4 aromatic rings. The molecule has 0 bridgehead atoms. The Balaban J connectivity index is 1.76. The van der Waals surface area contributed by atoms with Crippen LogP contribution in [0.25, 0.3) is 11.0 Å². The minimum absolute atomic E-state index is 0.00572. The summed E-state index contributed by atoms with van der Waals surface area (Å²) in [6.07, 6.45) is -1.89. The van der Waals surface area contributed by atoms with E-state index in [4.69, 9.17) is 9.47 Å². The molecule has 2 heterocycles. The van der Waals surface area contributed by atoms with Crippen LogP contribution in [0.15, 0.2) is 58.7 Å². The number of sulfonamides is 1. The first-order chi connectivity index (χ1) is 16.3. The quantitative estimate of drug-likeness (QED) is 0.408. The second kappa shape index (κ2) is 8.69. The highest BCUT2D eigenvalue weighted by molar-refractivity contribution is 7.92. The third-order valence-electron chi connectivity index (χ3n) is 5.01. The van der Waals surface area contributed by atoms with E-state index in [-0.39, 0.29) is 33.7 Å². The van der Waals surface area contributed by atoms with Gasteiger partial charge in [0.05, 0.1) is 23.0 Å². The number of fused-ring (bicyclic) bond motifs is 1. The number of ether oxygens (including phenoxy) is 2. The summed E-state index contributed by atoms with van der Waals surface area (Å²) in [7, 11) is 0.551. The van der Waals surface area contributed by atoms with Crippen molar-refractivity contribution in [1.29, 1.82) is 0 Å². The van der Waals surface area contributed by atoms with E-state index in [0.29, 0.717) is 11.0 Å². The monoisotopic (exact) mass is 511 g/mol. The Hall–Kier alpha value is -3.94. The predicted molar refractivity (Wildman–Crippen MR) is 120 cm³/mol. The van der Waals surface area contributed by atoms with Crippen molar-refractivity contribution >= 4 is 26.7 Å². The molecule has 0 fully saturated rings. The molecule has 0 radical (unpaired) electrons. The average molecular weight is 511 g/mol. The number of halogens is 3. The Bertz CT molecular complexity index is 1570. The van der Waals surface area contributed by atoms with E-state index in [2.05, 4.69) is 9.71 Å². The molecule has 0 spiro atoms. The van der Waals surface area contributed by atoms with E-state index >= 15 is 0 Å². The summed E-state index contributed by atoms with van der Waals surface area (Å²) in [6, 6.07) is 8.33. The number of hydrogen-bond acceptors (Lipinski definition) is 6. The summed E-state index contributed by atoms with van der Waals surface area (Å²) in [5.41, 5.74) is 0.507. The van der Waals surface area contributed by atoms with Gasteiger partial charge >= 0.3 is 11.9 Å². The van der Waals surface area contributed by atoms with E-state index in [1.807, 2.05) is 0 Å². The van der Waals surface area contributed by atoms with Crippen LogP contribution in [-0.2, 0) is 31.2 Å². The van der Waals surface area contributed by atoms with E-state index in [9.17, 15) is 26.4 Å². The van der Waals surface area contributed by atoms with Gasteiger partial charge in [-0.25, -0.2) is 9.78 Å². The van der Waals surface area contributed by atoms with Crippen molar-refractivity contribution in [2.24, 2.45) is 21.1 Å². The number of hydrogen-bond donors (Lipinski definition) is 1. The third-order valence-corrected chi connectivity index (χ3v) is 6.26. The fourth-order valence-corrected chi connectivity index (χ4v) is 4.38. The zero-order valence-electron chi connectivity index (χ0n) is 18.7. The first kappa shape index (κ1) is 24.2. The molecular weight excluding hydrogens is 491 g/mol. The molecule has 2 aromatic carbocycles. The molecule has 14 heteroatoms. The van der Waals surface area contributed by atoms with Crippen LogP contribution < -0.4 is 19.9 Å². The standard InChI is InChI=1S/C21H20F3N5O5S/c1-27-10-19(25-12-27)35(31,32)26-15-8-16-17(29(3)20(30)28(16)2)9-18(15)34-14-6-4-5-13(7-14)33-11-21(22,23)24/h4-10,12,26H,11H2,1-3H3. The van der Waals surface area contributed by atoms with Gasteiger partial charge in [0, 0.05) is 39.5 Å². The summed E-state index contributed by atoms with van der Waals surface area (Å²) in [5, 5.41) is -0.240. The molecule has 1 N–H and O–H groups in total. The zero-order chi connectivity index (χ0) is 25.5. The van der Waals surface area contributed by atoms with Crippen molar-refractivity contribution in [1.82, 2.24) is 18.7 Å². The summed E-state index contributed by atoms with van der Waals surface area (Å²) in [4.78, 5) is 16.3. The third kappa shape index (κ3) is 5.11. The van der Waals surface area contributed by atoms with Gasteiger partial charge in [0.15, 0.2) is 17.4 Å². The molecule has 0 unspecified atom stereocenters. The van der Waals surface area contributed by atoms with Gasteiger partial charge in [-0.15, -0.1) is 0 Å². The van der Waals surface area contributed by atoms with Gasteiger partial charge in [0.25, 0.3) is 10.0 Å². The molecule has 0 aliphatic carbocycles. The Morgan fingerprint density at radius 1 is 1.03 bits per heavy atom. The number of alkyl halides is 3. The molecule has 10 nitrogen and oxygen atoms in total. The van der Waals surface area contributed by atoms with Gasteiger partial charge in [-0.05, 0) is 18.2 Å². The Kier molecular flexibility index (Phi) is 6.00. The van der Waals surface area contributed by atoms with E-state index in [1.54, 1.807) is 7.05 Å². The van der Waals surface area contributed by atoms with Gasteiger partial charge in [-0.2, -0.15) is 21.6 Å². The van der Waals surface area contributed by atoms with Gasteiger partial charge in [0.2, 0.25) is 0 Å². The molecular formula is C21H20F3N5O5S. The Morgan fingerprint density at radius 2 is 1.69 bits per heavy atom. The fourth-order valence-electron chi connectivity index (χ4n) is 3.33. The smallest absolute Gasteiger partial charge is 0.422 e. The maximum Gasteiger partial charge on any atom is 0.422 e. The maximum absolute atomic E-state index is 12.9. The topological polar surface area (TPSA) is 109 Å². The highest BCUT2D eigenvalue weighted by Gasteiger charge is 2.28. The number of rotatable bonds is 7. The summed E-state index contributed by atoms with van der Waals surface area (Å²) in [6.45, 7) is -1.48. The second-order valence-electron chi connectivity index (χ2n) is 7.70. The minimum atomic E-state index is -4.52. The van der Waals surface area contributed by atoms with E-state index in [1.165, 1.54) is 76.7 Å². The van der Waals surface area contributed by atoms with Crippen LogP contribution in [0.4, 0.5) is 18.9 Å². The molecule has 4 rings (SSSR count). The number of benzene rings is 2. The molecule has 35 heavy (non-hydrogen) atoms. The lowest BCUT2D eigenvalue weighted by molar-refractivity contribution is -0.153. The van der Waals surface area contributed by atoms with Crippen molar-refractivity contribution in [2.45, 2.75) is 11.2 Å². The lowest BCUT2D eigenvalue weighted by atomic mass is 10.2.